The van der Waals surface area contributed by atoms with E-state index < -0.39 is 0 Å². The highest BCUT2D eigenvalue weighted by molar-refractivity contribution is 6.35. The molecule has 0 N–H and O–H groups in total. The zero-order valence-corrected chi connectivity index (χ0v) is 9.72. The minimum Gasteiger partial charge on any atom is -0.198 e. The van der Waals surface area contributed by atoms with E-state index in [1.54, 1.807) is 18.2 Å². The molecular formula is C12H11Cl2N. The lowest BCUT2D eigenvalue weighted by atomic mass is 9.96. The zero-order chi connectivity index (χ0) is 11.3. The van der Waals surface area contributed by atoms with Crippen molar-refractivity contribution in [2.75, 3.05) is 0 Å². The van der Waals surface area contributed by atoms with Gasteiger partial charge in [0.2, 0.25) is 0 Å². The summed E-state index contributed by atoms with van der Waals surface area (Å²) in [6.45, 7) is 3.63. The van der Waals surface area contributed by atoms with E-state index in [0.29, 0.717) is 10.0 Å². The molecule has 0 aliphatic rings. The van der Waals surface area contributed by atoms with Gasteiger partial charge in [0, 0.05) is 10.0 Å². The van der Waals surface area contributed by atoms with Crippen molar-refractivity contribution in [3.8, 4) is 6.07 Å². The molecule has 0 heterocycles. The first-order valence-electron chi connectivity index (χ1n) is 4.64. The van der Waals surface area contributed by atoms with E-state index in [2.05, 4.69) is 12.6 Å². The first-order valence-corrected chi connectivity index (χ1v) is 5.40. The third-order valence-electron chi connectivity index (χ3n) is 2.15. The second-order valence-corrected chi connectivity index (χ2v) is 4.06. The van der Waals surface area contributed by atoms with Crippen molar-refractivity contribution in [3.63, 3.8) is 0 Å². The molecule has 0 saturated carbocycles. The van der Waals surface area contributed by atoms with Gasteiger partial charge in [-0.2, -0.15) is 5.26 Å². The van der Waals surface area contributed by atoms with Crippen LogP contribution in [0.2, 0.25) is 10.0 Å². The molecular weight excluding hydrogens is 229 g/mol. The van der Waals surface area contributed by atoms with Gasteiger partial charge in [-0.3, -0.25) is 0 Å². The highest BCUT2D eigenvalue weighted by atomic mass is 35.5. The summed E-state index contributed by atoms with van der Waals surface area (Å²) in [5, 5.41) is 10.2. The van der Waals surface area contributed by atoms with Crippen LogP contribution in [-0.4, -0.2) is 0 Å². The van der Waals surface area contributed by atoms with Crippen LogP contribution in [-0.2, 0) is 0 Å². The average molecular weight is 240 g/mol. The van der Waals surface area contributed by atoms with E-state index in [4.69, 9.17) is 28.5 Å². The summed E-state index contributed by atoms with van der Waals surface area (Å²) >= 11 is 11.8. The summed E-state index contributed by atoms with van der Waals surface area (Å²) in [7, 11) is 0. The zero-order valence-electron chi connectivity index (χ0n) is 8.21. The normalized spacial score (nSPS) is 11.8. The van der Waals surface area contributed by atoms with E-state index >= 15 is 0 Å². The SMILES string of the molecule is C=CCCC(C#N)c1ccc(Cl)cc1Cl. The Kier molecular flexibility index (Phi) is 4.68. The van der Waals surface area contributed by atoms with Gasteiger partial charge in [0.15, 0.2) is 0 Å². The molecule has 0 bridgehead atoms. The van der Waals surface area contributed by atoms with E-state index in [1.807, 2.05) is 6.07 Å². The molecule has 0 fully saturated rings. The van der Waals surface area contributed by atoms with Crippen molar-refractivity contribution in [3.05, 3.63) is 46.5 Å². The molecule has 0 radical (unpaired) electrons. The van der Waals surface area contributed by atoms with Crippen LogP contribution in [0.4, 0.5) is 0 Å². The quantitative estimate of drug-likeness (QED) is 0.707. The molecule has 15 heavy (non-hydrogen) atoms. The first kappa shape index (κ1) is 12.1. The summed E-state index contributed by atoms with van der Waals surface area (Å²) < 4.78 is 0. The fourth-order valence-electron chi connectivity index (χ4n) is 1.36. The predicted molar refractivity (Wildman–Crippen MR) is 64.2 cm³/mol. The van der Waals surface area contributed by atoms with Gasteiger partial charge in [0.1, 0.15) is 0 Å². The molecule has 0 saturated heterocycles. The minimum absolute atomic E-state index is 0.187. The Balaban J connectivity index is 2.92. The van der Waals surface area contributed by atoms with Crippen molar-refractivity contribution in [2.45, 2.75) is 18.8 Å². The molecule has 1 aromatic carbocycles. The number of allylic oxidation sites excluding steroid dienone is 1. The molecule has 0 aliphatic heterocycles. The number of nitriles is 1. The molecule has 1 nitrogen and oxygen atoms in total. The van der Waals surface area contributed by atoms with Crippen LogP contribution in [0.1, 0.15) is 24.3 Å². The Hall–Kier alpha value is -0.970. The van der Waals surface area contributed by atoms with Crippen LogP contribution in [0.25, 0.3) is 0 Å². The molecule has 1 unspecified atom stereocenters. The first-order chi connectivity index (χ1) is 7.19. The maximum absolute atomic E-state index is 9.02. The smallest absolute Gasteiger partial charge is 0.0730 e. The summed E-state index contributed by atoms with van der Waals surface area (Å²) in [4.78, 5) is 0. The molecule has 1 rings (SSSR count). The van der Waals surface area contributed by atoms with Gasteiger partial charge in [-0.1, -0.05) is 35.3 Å². The monoisotopic (exact) mass is 239 g/mol. The molecule has 0 spiro atoms. The average Bonchev–Trinajstić information content (AvgIpc) is 2.21. The van der Waals surface area contributed by atoms with Crippen LogP contribution >= 0.6 is 23.2 Å². The molecule has 1 atom stereocenters. The maximum Gasteiger partial charge on any atom is 0.0730 e. The van der Waals surface area contributed by atoms with Gasteiger partial charge >= 0.3 is 0 Å². The predicted octanol–water partition coefficient (Wildman–Crippen LogP) is 4.57. The molecule has 78 valence electrons. The van der Waals surface area contributed by atoms with E-state index in [0.717, 1.165) is 18.4 Å². The van der Waals surface area contributed by atoms with Crippen LogP contribution in [0, 0.1) is 11.3 Å². The fraction of sp³-hybridized carbons (Fsp3) is 0.250. The van der Waals surface area contributed by atoms with Gasteiger partial charge in [-0.15, -0.1) is 6.58 Å². The second-order valence-electron chi connectivity index (χ2n) is 3.21. The van der Waals surface area contributed by atoms with Gasteiger partial charge in [0.25, 0.3) is 0 Å². The summed E-state index contributed by atoms with van der Waals surface area (Å²) in [6.07, 6.45) is 3.34. The Morgan fingerprint density at radius 2 is 2.20 bits per heavy atom. The topological polar surface area (TPSA) is 23.8 Å². The number of benzene rings is 1. The highest BCUT2D eigenvalue weighted by Gasteiger charge is 2.13. The van der Waals surface area contributed by atoms with Crippen LogP contribution < -0.4 is 0 Å². The number of hydrogen-bond donors (Lipinski definition) is 0. The second kappa shape index (κ2) is 5.80. The number of halogens is 2. The van der Waals surface area contributed by atoms with Crippen molar-refractivity contribution in [1.82, 2.24) is 0 Å². The third-order valence-corrected chi connectivity index (χ3v) is 2.72. The number of hydrogen-bond acceptors (Lipinski definition) is 1. The van der Waals surface area contributed by atoms with Crippen molar-refractivity contribution in [2.24, 2.45) is 0 Å². The fourth-order valence-corrected chi connectivity index (χ4v) is 1.90. The Morgan fingerprint density at radius 3 is 2.73 bits per heavy atom. The van der Waals surface area contributed by atoms with Crippen LogP contribution in [0.3, 0.4) is 0 Å². The van der Waals surface area contributed by atoms with Gasteiger partial charge in [0.05, 0.1) is 12.0 Å². The van der Waals surface area contributed by atoms with E-state index in [-0.39, 0.29) is 5.92 Å². The van der Waals surface area contributed by atoms with Crippen LogP contribution in [0.15, 0.2) is 30.9 Å². The highest BCUT2D eigenvalue weighted by Crippen LogP contribution is 2.29. The lowest BCUT2D eigenvalue weighted by Crippen LogP contribution is -1.96. The Morgan fingerprint density at radius 1 is 1.47 bits per heavy atom. The molecule has 1 aromatic rings. The van der Waals surface area contributed by atoms with Gasteiger partial charge in [-0.25, -0.2) is 0 Å². The van der Waals surface area contributed by atoms with Crippen molar-refractivity contribution < 1.29 is 0 Å². The lowest BCUT2D eigenvalue weighted by Gasteiger charge is -2.10. The summed E-state index contributed by atoms with van der Waals surface area (Å²) in [5.41, 5.74) is 0.838. The van der Waals surface area contributed by atoms with Gasteiger partial charge in [-0.05, 0) is 30.5 Å². The lowest BCUT2D eigenvalue weighted by molar-refractivity contribution is 0.763. The van der Waals surface area contributed by atoms with Gasteiger partial charge < -0.3 is 0 Å². The molecule has 0 amide bonds. The summed E-state index contributed by atoms with van der Waals surface area (Å²) in [5.74, 6) is -0.187. The number of nitrogens with zero attached hydrogens (tertiary/aromatic N) is 1. The van der Waals surface area contributed by atoms with Crippen LogP contribution in [0.5, 0.6) is 0 Å². The molecule has 3 heteroatoms. The number of rotatable bonds is 4. The largest absolute Gasteiger partial charge is 0.198 e. The van der Waals surface area contributed by atoms with E-state index in [1.165, 1.54) is 0 Å². The molecule has 0 aromatic heterocycles. The van der Waals surface area contributed by atoms with Crippen molar-refractivity contribution >= 4 is 23.2 Å². The minimum atomic E-state index is -0.187. The molecule has 0 aliphatic carbocycles. The Bertz CT molecular complexity index is 393. The van der Waals surface area contributed by atoms with E-state index in [9.17, 15) is 0 Å². The maximum atomic E-state index is 9.02. The standard InChI is InChI=1S/C12H11Cl2N/c1-2-3-4-9(8-15)11-6-5-10(13)7-12(11)14/h2,5-7,9H,1,3-4H2. The Labute approximate surface area is 99.9 Å². The van der Waals surface area contributed by atoms with Crippen molar-refractivity contribution in [1.29, 1.82) is 5.26 Å². The summed E-state index contributed by atoms with van der Waals surface area (Å²) in [6, 6.07) is 7.46. The third kappa shape index (κ3) is 3.27.